The number of imide groups is 2. The highest BCUT2D eigenvalue weighted by molar-refractivity contribution is 6.24. The van der Waals surface area contributed by atoms with Crippen molar-refractivity contribution in [2.45, 2.75) is 18.9 Å². The molecule has 2 aliphatic heterocycles. The number of benzene rings is 3. The van der Waals surface area contributed by atoms with Gasteiger partial charge in [0.1, 0.15) is 24.1 Å². The summed E-state index contributed by atoms with van der Waals surface area (Å²) < 4.78 is 22.3. The van der Waals surface area contributed by atoms with Crippen LogP contribution in [0.2, 0.25) is 0 Å². The first kappa shape index (κ1) is 34.8. The predicted octanol–water partition coefficient (Wildman–Crippen LogP) is 2.91. The minimum absolute atomic E-state index is 0.0163. The van der Waals surface area contributed by atoms with Gasteiger partial charge in [-0.05, 0) is 53.9 Å². The van der Waals surface area contributed by atoms with Crippen LogP contribution in [0.5, 0.6) is 11.5 Å². The zero-order chi connectivity index (χ0) is 34.6. The van der Waals surface area contributed by atoms with Gasteiger partial charge in [0.2, 0.25) is 11.8 Å². The van der Waals surface area contributed by atoms with Gasteiger partial charge in [-0.15, -0.1) is 0 Å². The van der Waals surface area contributed by atoms with Crippen molar-refractivity contribution >= 4 is 47.4 Å². The van der Waals surface area contributed by atoms with Crippen molar-refractivity contribution in [2.24, 2.45) is 0 Å². The molecule has 1 fully saturated rings. The van der Waals surface area contributed by atoms with E-state index >= 15 is 0 Å². The summed E-state index contributed by atoms with van der Waals surface area (Å²) in [5.74, 6) is -2.17. The third-order valence-electron chi connectivity index (χ3n) is 7.77. The van der Waals surface area contributed by atoms with Crippen molar-refractivity contribution in [2.75, 3.05) is 58.6 Å². The molecule has 1 unspecified atom stereocenters. The lowest BCUT2D eigenvalue weighted by Crippen LogP contribution is -2.54. The second-order valence-electron chi connectivity index (χ2n) is 11.1. The molecule has 0 aromatic heterocycles. The molecule has 3 N–H and O–H groups in total. The number of anilines is 1. The van der Waals surface area contributed by atoms with Gasteiger partial charge in [-0.3, -0.25) is 34.2 Å². The summed E-state index contributed by atoms with van der Waals surface area (Å²) in [6, 6.07) is 19.3. The Kier molecular flexibility index (Phi) is 12.1. The largest absolute Gasteiger partial charge is 0.491 e. The molecule has 3 aromatic carbocycles. The smallest absolute Gasteiger partial charge is 0.266 e. The second kappa shape index (κ2) is 17.0. The summed E-state index contributed by atoms with van der Waals surface area (Å²) in [5, 5.41) is 7.92. The molecular formula is C36H38N4O9. The zero-order valence-electron chi connectivity index (χ0n) is 27.1. The monoisotopic (exact) mass is 670 g/mol. The van der Waals surface area contributed by atoms with E-state index in [1.54, 1.807) is 0 Å². The number of nitrogens with zero attached hydrogens (tertiary/aromatic N) is 1. The number of rotatable bonds is 17. The molecule has 3 aromatic rings. The first-order valence-electron chi connectivity index (χ1n) is 15.9. The molecule has 2 aliphatic rings. The molecule has 0 spiro atoms. The maximum absolute atomic E-state index is 13.1. The molecular weight excluding hydrogens is 632 g/mol. The van der Waals surface area contributed by atoms with E-state index in [1.165, 1.54) is 18.2 Å². The summed E-state index contributed by atoms with van der Waals surface area (Å²) in [6.45, 7) is 1.56. The molecule has 0 aliphatic carbocycles. The van der Waals surface area contributed by atoms with Crippen LogP contribution < -0.4 is 25.4 Å². The SMILES string of the molecule is CNc1ccc(C=Cc2ccc(OCCOCCOCCNC(=O)COc3cccc4c3C(=O)N(C3CCC(=O)NC3=O)C4=O)cc2)cc1. The van der Waals surface area contributed by atoms with E-state index in [4.69, 9.17) is 18.9 Å². The van der Waals surface area contributed by atoms with E-state index in [1.807, 2.05) is 49.5 Å². The Hall–Kier alpha value is -5.53. The first-order chi connectivity index (χ1) is 23.8. The van der Waals surface area contributed by atoms with Gasteiger partial charge in [0, 0.05) is 25.7 Å². The number of piperidine rings is 1. The van der Waals surface area contributed by atoms with Crippen LogP contribution in [0.3, 0.4) is 0 Å². The lowest BCUT2D eigenvalue weighted by Gasteiger charge is -2.27. The summed E-state index contributed by atoms with van der Waals surface area (Å²) >= 11 is 0. The lowest BCUT2D eigenvalue weighted by atomic mass is 10.0. The highest BCUT2D eigenvalue weighted by Crippen LogP contribution is 2.33. The van der Waals surface area contributed by atoms with Gasteiger partial charge in [-0.1, -0.05) is 42.5 Å². The zero-order valence-corrected chi connectivity index (χ0v) is 27.1. The predicted molar refractivity (Wildman–Crippen MR) is 180 cm³/mol. The molecule has 13 nitrogen and oxygen atoms in total. The number of carbonyl (C=O) groups excluding carboxylic acids is 5. The summed E-state index contributed by atoms with van der Waals surface area (Å²) in [6.07, 6.45) is 4.16. The third kappa shape index (κ3) is 9.30. The van der Waals surface area contributed by atoms with Crippen molar-refractivity contribution in [3.8, 4) is 11.5 Å². The van der Waals surface area contributed by atoms with Crippen LogP contribution in [0.1, 0.15) is 44.7 Å². The Morgan fingerprint density at radius 1 is 0.837 bits per heavy atom. The molecule has 0 bridgehead atoms. The Morgan fingerprint density at radius 3 is 2.20 bits per heavy atom. The van der Waals surface area contributed by atoms with E-state index < -0.39 is 42.2 Å². The van der Waals surface area contributed by atoms with Gasteiger partial charge < -0.3 is 29.6 Å². The third-order valence-corrected chi connectivity index (χ3v) is 7.77. The molecule has 13 heteroatoms. The maximum Gasteiger partial charge on any atom is 0.266 e. The Balaban J connectivity index is 0.918. The fraction of sp³-hybridized carbons (Fsp3) is 0.306. The molecule has 49 heavy (non-hydrogen) atoms. The van der Waals surface area contributed by atoms with Crippen LogP contribution in [0.25, 0.3) is 12.2 Å². The van der Waals surface area contributed by atoms with Crippen LogP contribution in [0.4, 0.5) is 5.69 Å². The van der Waals surface area contributed by atoms with Crippen LogP contribution in [0.15, 0.2) is 66.7 Å². The lowest BCUT2D eigenvalue weighted by molar-refractivity contribution is -0.136. The van der Waals surface area contributed by atoms with Crippen molar-refractivity contribution in [1.29, 1.82) is 0 Å². The van der Waals surface area contributed by atoms with Gasteiger partial charge in [0.15, 0.2) is 6.61 Å². The molecule has 1 atom stereocenters. The fourth-order valence-corrected chi connectivity index (χ4v) is 5.23. The van der Waals surface area contributed by atoms with Crippen LogP contribution in [-0.4, -0.2) is 93.7 Å². The molecule has 5 rings (SSSR count). The minimum atomic E-state index is -1.09. The quantitative estimate of drug-likeness (QED) is 0.111. The first-order valence-corrected chi connectivity index (χ1v) is 15.9. The Morgan fingerprint density at radius 2 is 1.51 bits per heavy atom. The number of fused-ring (bicyclic) bond motifs is 1. The Bertz CT molecular complexity index is 1690. The molecule has 256 valence electrons. The van der Waals surface area contributed by atoms with Gasteiger partial charge in [-0.25, -0.2) is 0 Å². The van der Waals surface area contributed by atoms with E-state index in [9.17, 15) is 24.0 Å². The van der Waals surface area contributed by atoms with E-state index in [2.05, 4.69) is 34.2 Å². The van der Waals surface area contributed by atoms with E-state index in [0.717, 1.165) is 27.5 Å². The molecule has 0 radical (unpaired) electrons. The van der Waals surface area contributed by atoms with Crippen molar-refractivity contribution in [3.05, 3.63) is 89.0 Å². The summed E-state index contributed by atoms with van der Waals surface area (Å²) in [4.78, 5) is 63.0. The topological polar surface area (TPSA) is 162 Å². The van der Waals surface area contributed by atoms with E-state index in [0.29, 0.717) is 26.4 Å². The van der Waals surface area contributed by atoms with Crippen molar-refractivity contribution < 1.29 is 42.9 Å². The molecule has 2 heterocycles. The summed E-state index contributed by atoms with van der Waals surface area (Å²) in [5.41, 5.74) is 3.30. The average molecular weight is 671 g/mol. The van der Waals surface area contributed by atoms with Crippen molar-refractivity contribution in [1.82, 2.24) is 15.5 Å². The van der Waals surface area contributed by atoms with Crippen LogP contribution in [-0.2, 0) is 23.9 Å². The average Bonchev–Trinajstić information content (AvgIpc) is 3.37. The van der Waals surface area contributed by atoms with Gasteiger partial charge >= 0.3 is 0 Å². The highest BCUT2D eigenvalue weighted by atomic mass is 16.5. The van der Waals surface area contributed by atoms with Crippen LogP contribution >= 0.6 is 0 Å². The number of amides is 5. The maximum atomic E-state index is 13.1. The van der Waals surface area contributed by atoms with E-state index in [-0.39, 0.29) is 42.9 Å². The van der Waals surface area contributed by atoms with Gasteiger partial charge in [0.05, 0.1) is 37.6 Å². The van der Waals surface area contributed by atoms with Crippen LogP contribution in [0, 0.1) is 0 Å². The minimum Gasteiger partial charge on any atom is -0.491 e. The number of hydrogen-bond donors (Lipinski definition) is 3. The fourth-order valence-electron chi connectivity index (χ4n) is 5.23. The van der Waals surface area contributed by atoms with Crippen molar-refractivity contribution in [3.63, 3.8) is 0 Å². The highest BCUT2D eigenvalue weighted by Gasteiger charge is 2.46. The number of ether oxygens (including phenoxy) is 4. The Labute approximate surface area is 283 Å². The molecule has 5 amide bonds. The second-order valence-corrected chi connectivity index (χ2v) is 11.1. The molecule has 1 saturated heterocycles. The number of carbonyl (C=O) groups is 5. The molecule has 0 saturated carbocycles. The van der Waals surface area contributed by atoms with Gasteiger partial charge in [-0.2, -0.15) is 0 Å². The number of hydrogen-bond acceptors (Lipinski definition) is 10. The standard InChI is InChI=1S/C36H38N4O9/c1-37-26-11-7-24(8-12-26)5-6-25-9-13-27(14-10-25)48-22-21-47-20-19-46-18-17-38-32(42)23-49-30-4-2-3-28-33(30)36(45)40(35(28)44)29-15-16-31(41)39-34(29)43/h2-14,29,37H,15-23H2,1H3,(H,38,42)(H,39,41,43). The van der Waals surface area contributed by atoms with Gasteiger partial charge in [0.25, 0.3) is 17.7 Å². The normalized spacial score (nSPS) is 15.7. The summed E-state index contributed by atoms with van der Waals surface area (Å²) in [7, 11) is 1.89. The number of nitrogens with one attached hydrogen (secondary N) is 3.